The SMILES string of the molecule is COC(=O)c1ccc([N+](=CNCC(=O)O)N[C@@H](C)c2ccccc2)cc1. The molecule has 0 bridgehead atoms. The maximum atomic E-state index is 11.6. The highest BCUT2D eigenvalue weighted by Crippen LogP contribution is 2.16. The molecular weight excluding hydrogens is 334 g/mol. The number of hydrogen-bond donors (Lipinski definition) is 3. The number of methoxy groups -OCH3 is 1. The molecule has 0 saturated heterocycles. The van der Waals surface area contributed by atoms with Crippen molar-refractivity contribution in [3.8, 4) is 0 Å². The summed E-state index contributed by atoms with van der Waals surface area (Å²) < 4.78 is 6.38. The zero-order chi connectivity index (χ0) is 18.9. The summed E-state index contributed by atoms with van der Waals surface area (Å²) in [6.45, 7) is 1.79. The van der Waals surface area contributed by atoms with Gasteiger partial charge in [0.2, 0.25) is 0 Å². The Bertz CT molecular complexity index is 773. The van der Waals surface area contributed by atoms with E-state index < -0.39 is 11.9 Å². The van der Waals surface area contributed by atoms with E-state index in [9.17, 15) is 9.59 Å². The van der Waals surface area contributed by atoms with Crippen LogP contribution in [0.1, 0.15) is 28.9 Å². The van der Waals surface area contributed by atoms with Gasteiger partial charge in [0, 0.05) is 0 Å². The number of carboxylic acid groups (broad SMARTS) is 1. The minimum absolute atomic E-state index is 0.0284. The fourth-order valence-electron chi connectivity index (χ4n) is 2.31. The lowest BCUT2D eigenvalue weighted by Gasteiger charge is -2.16. The standard InChI is InChI=1S/C19H21N3O4/c1-14(15-6-4-3-5-7-15)21-22(13-20-12-18(23)24)17-10-8-16(9-11-17)19(25)26-2/h3-11,13-14,21H,12H2,1-2H3,(H,23,24)/p+1/t14-/m0/s1. The minimum Gasteiger partial charge on any atom is -0.478 e. The molecule has 3 N–H and O–H groups in total. The van der Waals surface area contributed by atoms with Crippen LogP contribution in [0.3, 0.4) is 0 Å². The fourth-order valence-corrected chi connectivity index (χ4v) is 2.31. The van der Waals surface area contributed by atoms with E-state index in [1.54, 1.807) is 35.3 Å². The summed E-state index contributed by atoms with van der Waals surface area (Å²) in [5.41, 5.74) is 5.54. The van der Waals surface area contributed by atoms with E-state index in [1.807, 2.05) is 37.3 Å². The Kier molecular flexibility index (Phi) is 6.73. The van der Waals surface area contributed by atoms with Gasteiger partial charge >= 0.3 is 11.9 Å². The summed E-state index contributed by atoms with van der Waals surface area (Å²) in [6.07, 6.45) is 1.54. The van der Waals surface area contributed by atoms with E-state index in [-0.39, 0.29) is 12.6 Å². The van der Waals surface area contributed by atoms with Crippen molar-refractivity contribution >= 4 is 24.0 Å². The molecule has 1 atom stereocenters. The Morgan fingerprint density at radius 3 is 2.38 bits per heavy atom. The van der Waals surface area contributed by atoms with Crippen molar-refractivity contribution in [2.24, 2.45) is 0 Å². The number of ether oxygens (including phenoxy) is 1. The topological polar surface area (TPSA) is 90.7 Å². The molecule has 0 spiro atoms. The summed E-state index contributed by atoms with van der Waals surface area (Å²) in [5, 5.41) is 11.5. The molecule has 0 aromatic heterocycles. The van der Waals surface area contributed by atoms with Crippen LogP contribution in [-0.2, 0) is 9.53 Å². The third kappa shape index (κ3) is 5.34. The van der Waals surface area contributed by atoms with Gasteiger partial charge in [-0.2, -0.15) is 0 Å². The third-order valence-corrected chi connectivity index (χ3v) is 3.67. The highest BCUT2D eigenvalue weighted by atomic mass is 16.5. The molecule has 0 radical (unpaired) electrons. The molecule has 0 saturated carbocycles. The number of hydrazine groups is 1. The molecule has 2 rings (SSSR count). The molecular formula is C19H22N3O4+. The van der Waals surface area contributed by atoms with Crippen LogP contribution in [-0.4, -0.2) is 41.7 Å². The Hall–Kier alpha value is -3.35. The number of hydrazone groups is 1. The van der Waals surface area contributed by atoms with E-state index in [0.717, 1.165) is 11.3 Å². The molecule has 0 aliphatic heterocycles. The Morgan fingerprint density at radius 1 is 1.15 bits per heavy atom. The second kappa shape index (κ2) is 9.22. The highest BCUT2D eigenvalue weighted by Gasteiger charge is 2.13. The fraction of sp³-hybridized carbons (Fsp3) is 0.211. The maximum Gasteiger partial charge on any atom is 0.345 e. The second-order valence-corrected chi connectivity index (χ2v) is 5.57. The summed E-state index contributed by atoms with van der Waals surface area (Å²) in [5.74, 6) is -1.37. The van der Waals surface area contributed by atoms with Gasteiger partial charge in [-0.15, -0.1) is 4.68 Å². The van der Waals surface area contributed by atoms with Crippen LogP contribution in [0.4, 0.5) is 5.69 Å². The van der Waals surface area contributed by atoms with Crippen molar-refractivity contribution in [3.05, 3.63) is 65.7 Å². The zero-order valence-corrected chi connectivity index (χ0v) is 14.7. The van der Waals surface area contributed by atoms with Crippen molar-refractivity contribution in [2.75, 3.05) is 13.7 Å². The number of hydrogen-bond acceptors (Lipinski definition) is 4. The first-order valence-electron chi connectivity index (χ1n) is 8.08. The van der Waals surface area contributed by atoms with E-state index in [0.29, 0.717) is 5.56 Å². The van der Waals surface area contributed by atoms with Crippen molar-refractivity contribution < 1.29 is 24.1 Å². The first-order valence-corrected chi connectivity index (χ1v) is 8.08. The van der Waals surface area contributed by atoms with Crippen molar-refractivity contribution in [2.45, 2.75) is 13.0 Å². The average Bonchev–Trinajstić information content (AvgIpc) is 2.67. The second-order valence-electron chi connectivity index (χ2n) is 5.57. The van der Waals surface area contributed by atoms with Crippen LogP contribution in [0, 0.1) is 0 Å². The largest absolute Gasteiger partial charge is 0.478 e. The van der Waals surface area contributed by atoms with E-state index in [1.165, 1.54) is 7.11 Å². The van der Waals surface area contributed by atoms with Gasteiger partial charge in [0.1, 0.15) is 0 Å². The first kappa shape index (κ1) is 19.0. The Balaban J connectivity index is 2.23. The highest BCUT2D eigenvalue weighted by molar-refractivity contribution is 5.89. The van der Waals surface area contributed by atoms with Gasteiger partial charge < -0.3 is 9.84 Å². The predicted octanol–water partition coefficient (Wildman–Crippen LogP) is 2.09. The minimum atomic E-state index is -0.960. The van der Waals surface area contributed by atoms with Crippen LogP contribution in [0.2, 0.25) is 0 Å². The molecule has 2 aromatic rings. The molecule has 2 aromatic carbocycles. The molecule has 0 aliphatic carbocycles. The zero-order valence-electron chi connectivity index (χ0n) is 14.7. The number of benzene rings is 2. The summed E-state index contributed by atoms with van der Waals surface area (Å²) >= 11 is 0. The molecule has 0 fully saturated rings. The number of nitrogens with zero attached hydrogens (tertiary/aromatic N) is 1. The number of nitrogens with one attached hydrogen (secondary N) is 2. The van der Waals surface area contributed by atoms with Gasteiger partial charge in [-0.05, 0) is 36.8 Å². The molecule has 136 valence electrons. The van der Waals surface area contributed by atoms with Gasteiger partial charge in [-0.3, -0.25) is 5.32 Å². The molecule has 7 heteroatoms. The van der Waals surface area contributed by atoms with Crippen LogP contribution >= 0.6 is 0 Å². The maximum absolute atomic E-state index is 11.6. The third-order valence-electron chi connectivity index (χ3n) is 3.67. The van der Waals surface area contributed by atoms with E-state index in [4.69, 9.17) is 9.84 Å². The van der Waals surface area contributed by atoms with Crippen LogP contribution in [0.15, 0.2) is 54.6 Å². The quantitative estimate of drug-likeness (QED) is 0.221. The number of rotatable bonds is 8. The Labute approximate surface area is 151 Å². The summed E-state index contributed by atoms with van der Waals surface area (Å²) in [4.78, 5) is 22.3. The van der Waals surface area contributed by atoms with E-state index >= 15 is 0 Å². The smallest absolute Gasteiger partial charge is 0.345 e. The van der Waals surface area contributed by atoms with Crippen molar-refractivity contribution in [1.82, 2.24) is 10.7 Å². The summed E-state index contributed by atoms with van der Waals surface area (Å²) in [6, 6.07) is 16.6. The first-order chi connectivity index (χ1) is 12.5. The number of esters is 1. The molecule has 0 heterocycles. The molecule has 7 nitrogen and oxygen atoms in total. The van der Waals surface area contributed by atoms with Gasteiger partial charge in [0.25, 0.3) is 6.34 Å². The number of carbonyl (C=O) groups is 2. The molecule has 26 heavy (non-hydrogen) atoms. The van der Waals surface area contributed by atoms with Crippen molar-refractivity contribution in [1.29, 1.82) is 0 Å². The normalized spacial score (nSPS) is 12.2. The lowest BCUT2D eigenvalue weighted by Crippen LogP contribution is -2.34. The average molecular weight is 356 g/mol. The predicted molar refractivity (Wildman–Crippen MR) is 97.4 cm³/mol. The number of carbonyl (C=O) groups excluding carboxylic acids is 1. The lowest BCUT2D eigenvalue weighted by atomic mass is 10.1. The number of carboxylic acids is 1. The summed E-state index contributed by atoms with van der Waals surface area (Å²) in [7, 11) is 1.33. The Morgan fingerprint density at radius 2 is 1.81 bits per heavy atom. The van der Waals surface area contributed by atoms with Crippen LogP contribution in [0.25, 0.3) is 0 Å². The van der Waals surface area contributed by atoms with Crippen LogP contribution < -0.4 is 10.7 Å². The van der Waals surface area contributed by atoms with Gasteiger partial charge in [-0.25, -0.2) is 15.0 Å². The van der Waals surface area contributed by atoms with Gasteiger partial charge in [0.15, 0.2) is 12.2 Å². The van der Waals surface area contributed by atoms with Gasteiger partial charge in [-0.1, -0.05) is 30.3 Å². The van der Waals surface area contributed by atoms with Crippen molar-refractivity contribution in [3.63, 3.8) is 0 Å². The monoisotopic (exact) mass is 356 g/mol. The van der Waals surface area contributed by atoms with Gasteiger partial charge in [0.05, 0.1) is 18.7 Å². The molecule has 0 aliphatic rings. The molecule has 0 unspecified atom stereocenters. The van der Waals surface area contributed by atoms with E-state index in [2.05, 4.69) is 10.7 Å². The molecule has 0 amide bonds. The lowest BCUT2D eigenvalue weighted by molar-refractivity contribution is -0.512. The van der Waals surface area contributed by atoms with Crippen LogP contribution in [0.5, 0.6) is 0 Å². The number of aliphatic carboxylic acids is 1.